The van der Waals surface area contributed by atoms with E-state index in [0.717, 1.165) is 0 Å². The van der Waals surface area contributed by atoms with Gasteiger partial charge in [0.1, 0.15) is 0 Å². The third kappa shape index (κ3) is 90.6. The molecular weight excluding hydrogens is 107 g/mol. The lowest BCUT2D eigenvalue weighted by Gasteiger charge is -1.42. The predicted octanol–water partition coefficient (Wildman–Crippen LogP) is 2.45. The fourth-order valence-electron chi connectivity index (χ4n) is 0. The Morgan fingerprint density at radius 1 is 1.20 bits per heavy atom. The third-order valence-corrected chi connectivity index (χ3v) is 0. The molecule has 5 heavy (non-hydrogen) atoms. The largest absolute Gasteiger partial charge is 0.109 e. The highest BCUT2D eigenvalue weighted by Crippen LogP contribution is 1.73. The number of rotatable bonds is 0. The molecule has 0 nitrogen and oxygen atoms in total. The topological polar surface area (TPSA) is 0 Å². The normalized spacial score (nSPS) is 4.80. The molecule has 0 aromatic carbocycles. The summed E-state index contributed by atoms with van der Waals surface area (Å²) in [7, 11) is 0. The van der Waals surface area contributed by atoms with Crippen LogP contribution in [-0.2, 0) is 0 Å². The molecule has 0 unspecified atom stereocenters. The summed E-state index contributed by atoms with van der Waals surface area (Å²) >= 11 is 9.53. The first kappa shape index (κ1) is 9.13. The van der Waals surface area contributed by atoms with Crippen molar-refractivity contribution in [2.45, 2.75) is 13.8 Å². The number of hydrogen-bond donors (Lipinski definition) is 0. The lowest BCUT2D eigenvalue weighted by Crippen LogP contribution is -1.24. The quantitative estimate of drug-likeness (QED) is 0.425. The smallest absolute Gasteiger partial charge is 0.0967 e. The van der Waals surface area contributed by atoms with E-state index in [0.29, 0.717) is 0 Å². The van der Waals surface area contributed by atoms with Gasteiger partial charge in [-0.05, 0) is 0 Å². The first-order valence-electron chi connectivity index (χ1n) is 1.53. The molecule has 0 aromatic rings. The van der Waals surface area contributed by atoms with Gasteiger partial charge in [0.25, 0.3) is 0 Å². The van der Waals surface area contributed by atoms with Crippen LogP contribution >= 0.6 is 23.2 Å². The van der Waals surface area contributed by atoms with E-state index in [1.807, 2.05) is 13.8 Å². The van der Waals surface area contributed by atoms with Gasteiger partial charge in [0, 0.05) is 0 Å². The molecule has 0 rings (SSSR count). The Morgan fingerprint density at radius 3 is 1.20 bits per heavy atom. The molecule has 0 amide bonds. The van der Waals surface area contributed by atoms with Gasteiger partial charge in [-0.2, -0.15) is 0 Å². The summed E-state index contributed by atoms with van der Waals surface area (Å²) in [5.41, 5.74) is 0. The first-order valence-corrected chi connectivity index (χ1v) is 2.60. The zero-order chi connectivity index (χ0) is 4.71. The Kier molecular flexibility index (Phi) is 42.9. The van der Waals surface area contributed by atoms with Crippen LogP contribution in [0.4, 0.5) is 0 Å². The highest BCUT2D eigenvalue weighted by atomic mass is 35.5. The molecule has 0 aliphatic rings. The zero-order valence-corrected chi connectivity index (χ0v) is 4.97. The fourth-order valence-corrected chi connectivity index (χ4v) is 0. The van der Waals surface area contributed by atoms with E-state index in [1.165, 1.54) is 0 Å². The van der Waals surface area contributed by atoms with Crippen molar-refractivity contribution in [3.63, 3.8) is 0 Å². The van der Waals surface area contributed by atoms with Gasteiger partial charge in [-0.15, -0.1) is 23.2 Å². The Balaban J connectivity index is 0. The van der Waals surface area contributed by atoms with Crippen molar-refractivity contribution in [1.29, 1.82) is 0 Å². The van der Waals surface area contributed by atoms with Crippen molar-refractivity contribution >= 4 is 23.2 Å². The Bertz CT molecular complexity index is 4.85. The van der Waals surface area contributed by atoms with Crippen molar-refractivity contribution in [2.75, 3.05) is 5.34 Å². The summed E-state index contributed by atoms with van der Waals surface area (Å²) in [5.74, 6) is 0. The van der Waals surface area contributed by atoms with Crippen LogP contribution in [0, 0.1) is 0 Å². The van der Waals surface area contributed by atoms with Crippen LogP contribution in [0.25, 0.3) is 0 Å². The summed E-state index contributed by atoms with van der Waals surface area (Å²) in [6, 6.07) is 0. The third-order valence-electron chi connectivity index (χ3n) is 0. The van der Waals surface area contributed by atoms with E-state index < -0.39 is 0 Å². The molecule has 0 N–H and O–H groups in total. The molecule has 34 valence electrons. The first-order chi connectivity index (χ1) is 2.41. The Morgan fingerprint density at radius 2 is 1.20 bits per heavy atom. The number of alkyl halides is 2. The standard InChI is InChI=1S/C2H6.CH2Cl2/c1-2;2-1-3/h1-2H3;1H2. The molecule has 0 aliphatic heterocycles. The van der Waals surface area contributed by atoms with Crippen molar-refractivity contribution in [2.24, 2.45) is 0 Å². The van der Waals surface area contributed by atoms with Crippen LogP contribution in [0.3, 0.4) is 0 Å². The summed E-state index contributed by atoms with van der Waals surface area (Å²) < 4.78 is 0. The van der Waals surface area contributed by atoms with Crippen LogP contribution in [0.1, 0.15) is 13.8 Å². The number of hydrogen-bond acceptors (Lipinski definition) is 0. The van der Waals surface area contributed by atoms with E-state index in [4.69, 9.17) is 23.2 Å². The number of halogens is 2. The highest BCUT2D eigenvalue weighted by molar-refractivity contribution is 6.40. The van der Waals surface area contributed by atoms with E-state index >= 15 is 0 Å². The SMILES string of the molecule is CC.ClCCl. The predicted molar refractivity (Wildman–Crippen MR) is 27.9 cm³/mol. The molecule has 0 aromatic heterocycles. The van der Waals surface area contributed by atoms with E-state index in [1.54, 1.807) is 0 Å². The van der Waals surface area contributed by atoms with Gasteiger partial charge in [-0.1, -0.05) is 13.8 Å². The van der Waals surface area contributed by atoms with Gasteiger partial charge in [-0.3, -0.25) is 0 Å². The minimum absolute atomic E-state index is 0.194. The van der Waals surface area contributed by atoms with Crippen LogP contribution in [-0.4, -0.2) is 5.34 Å². The van der Waals surface area contributed by atoms with Crippen molar-refractivity contribution in [3.8, 4) is 0 Å². The maximum absolute atomic E-state index is 4.76. The second-order valence-corrected chi connectivity index (χ2v) is 0.909. The minimum Gasteiger partial charge on any atom is -0.109 e. The molecule has 0 saturated carbocycles. The van der Waals surface area contributed by atoms with Crippen LogP contribution < -0.4 is 0 Å². The maximum atomic E-state index is 4.76. The molecule has 0 bridgehead atoms. The second-order valence-electron chi connectivity index (χ2n) is 0.101. The lowest BCUT2D eigenvalue weighted by atomic mass is 11.0. The lowest BCUT2D eigenvalue weighted by molar-refractivity contribution is 1.50. The van der Waals surface area contributed by atoms with Gasteiger partial charge in [-0.25, -0.2) is 0 Å². The Hall–Kier alpha value is 0.580. The minimum atomic E-state index is 0.194. The van der Waals surface area contributed by atoms with E-state index in [-0.39, 0.29) is 5.34 Å². The fraction of sp³-hybridized carbons (Fsp3) is 1.00. The van der Waals surface area contributed by atoms with Gasteiger partial charge in [0.2, 0.25) is 0 Å². The molecule has 0 spiro atoms. The molecule has 0 saturated heterocycles. The van der Waals surface area contributed by atoms with Gasteiger partial charge in [0.05, 0.1) is 5.34 Å². The molecule has 0 radical (unpaired) electrons. The summed E-state index contributed by atoms with van der Waals surface area (Å²) in [5, 5.41) is 0.194. The Labute approximate surface area is 43.1 Å². The van der Waals surface area contributed by atoms with Crippen molar-refractivity contribution < 1.29 is 0 Å². The zero-order valence-electron chi connectivity index (χ0n) is 3.46. The van der Waals surface area contributed by atoms with Crippen LogP contribution in [0.15, 0.2) is 0 Å². The monoisotopic (exact) mass is 114 g/mol. The second kappa shape index (κ2) is 23.5. The van der Waals surface area contributed by atoms with Crippen LogP contribution in [0.2, 0.25) is 0 Å². The molecular formula is C3H8Cl2. The molecule has 2 heteroatoms. The van der Waals surface area contributed by atoms with Gasteiger partial charge >= 0.3 is 0 Å². The summed E-state index contributed by atoms with van der Waals surface area (Å²) in [6.07, 6.45) is 0. The maximum Gasteiger partial charge on any atom is 0.0967 e. The summed E-state index contributed by atoms with van der Waals surface area (Å²) in [4.78, 5) is 0. The van der Waals surface area contributed by atoms with Crippen molar-refractivity contribution in [3.05, 3.63) is 0 Å². The van der Waals surface area contributed by atoms with Crippen LogP contribution in [0.5, 0.6) is 0 Å². The molecule has 0 aliphatic carbocycles. The highest BCUT2D eigenvalue weighted by Gasteiger charge is 1.41. The molecule has 0 fully saturated rings. The molecule has 0 atom stereocenters. The molecule has 0 heterocycles. The average Bonchev–Trinajstić information content (AvgIpc) is 1.46. The average molecular weight is 115 g/mol. The van der Waals surface area contributed by atoms with Crippen molar-refractivity contribution in [1.82, 2.24) is 0 Å². The van der Waals surface area contributed by atoms with E-state index in [2.05, 4.69) is 0 Å². The summed E-state index contributed by atoms with van der Waals surface area (Å²) in [6.45, 7) is 4.00. The van der Waals surface area contributed by atoms with Gasteiger partial charge < -0.3 is 0 Å². The van der Waals surface area contributed by atoms with Gasteiger partial charge in [0.15, 0.2) is 0 Å². The van der Waals surface area contributed by atoms with E-state index in [9.17, 15) is 0 Å².